The first kappa shape index (κ1) is 14.5. The van der Waals surface area contributed by atoms with Gasteiger partial charge < -0.3 is 14.6 Å². The molecule has 0 amide bonds. The van der Waals surface area contributed by atoms with E-state index in [0.717, 1.165) is 11.3 Å². The highest BCUT2D eigenvalue weighted by atomic mass is 16.5. The second-order valence-corrected chi connectivity index (χ2v) is 5.42. The van der Waals surface area contributed by atoms with Crippen LogP contribution in [0.25, 0.3) is 11.4 Å². The van der Waals surface area contributed by atoms with Crippen LogP contribution in [0.5, 0.6) is 5.75 Å². The van der Waals surface area contributed by atoms with Crippen molar-refractivity contribution in [3.05, 3.63) is 24.3 Å². The lowest BCUT2D eigenvalue weighted by molar-refractivity contribution is 0.370. The Morgan fingerprint density at radius 3 is 2.73 bits per heavy atom. The molecule has 0 spiro atoms. The minimum Gasteiger partial charge on any atom is -0.481 e. The molecule has 1 aliphatic rings. The zero-order valence-corrected chi connectivity index (χ0v) is 12.4. The van der Waals surface area contributed by atoms with E-state index in [1.807, 2.05) is 24.3 Å². The Bertz CT molecular complexity index is 637. The van der Waals surface area contributed by atoms with Crippen molar-refractivity contribution in [3.8, 4) is 29.5 Å². The van der Waals surface area contributed by atoms with Gasteiger partial charge in [0.1, 0.15) is 12.4 Å². The number of aromatic nitrogens is 2. The molecule has 1 fully saturated rings. The van der Waals surface area contributed by atoms with Gasteiger partial charge in [-0.1, -0.05) is 30.3 Å². The van der Waals surface area contributed by atoms with Gasteiger partial charge in [0.25, 0.3) is 0 Å². The summed E-state index contributed by atoms with van der Waals surface area (Å²) in [5.74, 6) is 3.73. The predicted octanol–water partition coefficient (Wildman–Crippen LogP) is 3.49. The molecular weight excluding hydrogens is 278 g/mol. The molecule has 0 atom stereocenters. The predicted molar refractivity (Wildman–Crippen MR) is 84.6 cm³/mol. The fourth-order valence-electron chi connectivity index (χ4n) is 2.65. The van der Waals surface area contributed by atoms with Gasteiger partial charge in [0.15, 0.2) is 0 Å². The van der Waals surface area contributed by atoms with Gasteiger partial charge in [-0.05, 0) is 37.1 Å². The molecule has 0 saturated heterocycles. The maximum atomic E-state index is 5.34. The van der Waals surface area contributed by atoms with Crippen LogP contribution in [0.2, 0.25) is 0 Å². The first-order valence-corrected chi connectivity index (χ1v) is 7.62. The van der Waals surface area contributed by atoms with E-state index in [9.17, 15) is 0 Å². The molecule has 0 unspecified atom stereocenters. The van der Waals surface area contributed by atoms with Crippen LogP contribution in [-0.4, -0.2) is 22.8 Å². The standard InChI is InChI=1S/C17H19N3O2/c1-2-12-21-15-10-8-13(9-11-15)16-19-17(22-20-16)18-14-6-4-3-5-7-14/h1,8-11,14H,3-7,12H2,(H,18,19,20). The number of hydrogen-bond donors (Lipinski definition) is 1. The van der Waals surface area contributed by atoms with Crippen molar-refractivity contribution in [3.63, 3.8) is 0 Å². The lowest BCUT2D eigenvalue weighted by atomic mass is 9.96. The highest BCUT2D eigenvalue weighted by Gasteiger charge is 2.16. The summed E-state index contributed by atoms with van der Waals surface area (Å²) in [6.45, 7) is 0.261. The van der Waals surface area contributed by atoms with Crippen LogP contribution in [0.15, 0.2) is 28.8 Å². The fraction of sp³-hybridized carbons (Fsp3) is 0.412. The minimum atomic E-state index is 0.261. The smallest absolute Gasteiger partial charge is 0.322 e. The summed E-state index contributed by atoms with van der Waals surface area (Å²) in [7, 11) is 0. The van der Waals surface area contributed by atoms with Gasteiger partial charge in [-0.15, -0.1) is 6.42 Å². The van der Waals surface area contributed by atoms with Crippen molar-refractivity contribution >= 4 is 6.01 Å². The largest absolute Gasteiger partial charge is 0.481 e. The maximum absolute atomic E-state index is 5.34. The van der Waals surface area contributed by atoms with Crippen LogP contribution in [0.1, 0.15) is 32.1 Å². The van der Waals surface area contributed by atoms with Gasteiger partial charge in [-0.25, -0.2) is 0 Å². The molecule has 1 N–H and O–H groups in total. The SMILES string of the molecule is C#CCOc1ccc(-c2noc(NC3CCCCC3)n2)cc1. The summed E-state index contributed by atoms with van der Waals surface area (Å²) in [5.41, 5.74) is 0.883. The third-order valence-corrected chi connectivity index (χ3v) is 3.79. The summed E-state index contributed by atoms with van der Waals surface area (Å²) in [4.78, 5) is 4.40. The molecule has 1 aliphatic carbocycles. The molecule has 1 aromatic heterocycles. The van der Waals surface area contributed by atoms with Crippen molar-refractivity contribution in [1.82, 2.24) is 10.1 Å². The van der Waals surface area contributed by atoms with E-state index < -0.39 is 0 Å². The second-order valence-electron chi connectivity index (χ2n) is 5.42. The molecule has 22 heavy (non-hydrogen) atoms. The normalized spacial score (nSPS) is 15.2. The Labute approximate surface area is 130 Å². The van der Waals surface area contributed by atoms with Gasteiger partial charge in [-0.2, -0.15) is 4.98 Å². The molecule has 0 bridgehead atoms. The van der Waals surface area contributed by atoms with Crippen molar-refractivity contribution in [1.29, 1.82) is 0 Å². The number of rotatable bonds is 5. The summed E-state index contributed by atoms with van der Waals surface area (Å²) in [6.07, 6.45) is 11.3. The molecular formula is C17H19N3O2. The zero-order chi connectivity index (χ0) is 15.2. The lowest BCUT2D eigenvalue weighted by Crippen LogP contribution is -2.22. The number of nitrogens with one attached hydrogen (secondary N) is 1. The van der Waals surface area contributed by atoms with E-state index in [1.165, 1.54) is 32.1 Å². The van der Waals surface area contributed by atoms with Crippen LogP contribution in [0, 0.1) is 12.3 Å². The van der Waals surface area contributed by atoms with Crippen molar-refractivity contribution in [2.45, 2.75) is 38.1 Å². The highest BCUT2D eigenvalue weighted by Crippen LogP contribution is 2.24. The van der Waals surface area contributed by atoms with Gasteiger partial charge in [-0.3, -0.25) is 0 Å². The minimum absolute atomic E-state index is 0.261. The zero-order valence-electron chi connectivity index (χ0n) is 12.4. The molecule has 5 heteroatoms. The third kappa shape index (κ3) is 3.59. The lowest BCUT2D eigenvalue weighted by Gasteiger charge is -2.21. The third-order valence-electron chi connectivity index (χ3n) is 3.79. The number of anilines is 1. The summed E-state index contributed by atoms with van der Waals surface area (Å²) in [5, 5.41) is 7.35. The van der Waals surface area contributed by atoms with E-state index in [0.29, 0.717) is 17.9 Å². The molecule has 5 nitrogen and oxygen atoms in total. The molecule has 1 heterocycles. The van der Waals surface area contributed by atoms with E-state index in [4.69, 9.17) is 15.7 Å². The maximum Gasteiger partial charge on any atom is 0.322 e. The number of terminal acetylenes is 1. The number of benzene rings is 1. The van der Waals surface area contributed by atoms with Gasteiger partial charge >= 0.3 is 6.01 Å². The van der Waals surface area contributed by atoms with Gasteiger partial charge in [0.2, 0.25) is 5.82 Å². The van der Waals surface area contributed by atoms with Crippen molar-refractivity contribution < 1.29 is 9.26 Å². The Balaban J connectivity index is 1.64. The summed E-state index contributed by atoms with van der Waals surface area (Å²) >= 11 is 0. The van der Waals surface area contributed by atoms with E-state index in [2.05, 4.69) is 21.4 Å². The van der Waals surface area contributed by atoms with Gasteiger partial charge in [0.05, 0.1) is 0 Å². The Kier molecular flexibility index (Phi) is 4.59. The quantitative estimate of drug-likeness (QED) is 0.856. The Morgan fingerprint density at radius 1 is 1.23 bits per heavy atom. The number of hydrogen-bond acceptors (Lipinski definition) is 5. The Hall–Kier alpha value is -2.48. The van der Waals surface area contributed by atoms with E-state index >= 15 is 0 Å². The van der Waals surface area contributed by atoms with Crippen molar-refractivity contribution in [2.24, 2.45) is 0 Å². The average molecular weight is 297 g/mol. The van der Waals surface area contributed by atoms with Crippen LogP contribution in [0.3, 0.4) is 0 Å². The van der Waals surface area contributed by atoms with Crippen molar-refractivity contribution in [2.75, 3.05) is 11.9 Å². The van der Waals surface area contributed by atoms with E-state index in [1.54, 1.807) is 0 Å². The fourth-order valence-corrected chi connectivity index (χ4v) is 2.65. The first-order chi connectivity index (χ1) is 10.8. The number of ether oxygens (including phenoxy) is 1. The summed E-state index contributed by atoms with van der Waals surface area (Å²) < 4.78 is 10.6. The van der Waals surface area contributed by atoms with Crippen LogP contribution < -0.4 is 10.1 Å². The van der Waals surface area contributed by atoms with Crippen LogP contribution in [-0.2, 0) is 0 Å². The highest BCUT2D eigenvalue weighted by molar-refractivity contribution is 5.56. The van der Waals surface area contributed by atoms with Gasteiger partial charge in [0, 0.05) is 11.6 Å². The van der Waals surface area contributed by atoms with Crippen LogP contribution in [0.4, 0.5) is 6.01 Å². The molecule has 0 aliphatic heterocycles. The molecule has 1 saturated carbocycles. The van der Waals surface area contributed by atoms with Crippen LogP contribution >= 0.6 is 0 Å². The first-order valence-electron chi connectivity index (χ1n) is 7.62. The topological polar surface area (TPSA) is 60.2 Å². The Morgan fingerprint density at radius 2 is 2.00 bits per heavy atom. The molecule has 1 aromatic carbocycles. The molecule has 2 aromatic rings. The molecule has 0 radical (unpaired) electrons. The monoisotopic (exact) mass is 297 g/mol. The second kappa shape index (κ2) is 6.99. The molecule has 3 rings (SSSR count). The summed E-state index contributed by atoms with van der Waals surface area (Å²) in [6, 6.07) is 8.41. The van der Waals surface area contributed by atoms with E-state index in [-0.39, 0.29) is 6.61 Å². The average Bonchev–Trinajstić information content (AvgIpc) is 3.03. The molecule has 114 valence electrons. The number of nitrogens with zero attached hydrogens (tertiary/aromatic N) is 2.